The van der Waals surface area contributed by atoms with Gasteiger partial charge in [-0.15, -0.1) is 0 Å². The van der Waals surface area contributed by atoms with E-state index in [9.17, 15) is 4.39 Å². The van der Waals surface area contributed by atoms with Gasteiger partial charge < -0.3 is 0 Å². The van der Waals surface area contributed by atoms with Crippen LogP contribution in [0.1, 0.15) is 38.3 Å². The predicted molar refractivity (Wildman–Crippen MR) is 47.5 cm³/mol. The van der Waals surface area contributed by atoms with Crippen molar-refractivity contribution in [2.24, 2.45) is 0 Å². The minimum Gasteiger partial charge on any atom is -0.261 e. The first-order valence-corrected chi connectivity index (χ1v) is 4.35. The average Bonchev–Trinajstić information content (AvgIpc) is 2.05. The Kier molecular flexibility index (Phi) is 3.20. The van der Waals surface area contributed by atoms with Gasteiger partial charge in [-0.25, -0.2) is 4.39 Å². The van der Waals surface area contributed by atoms with Crippen molar-refractivity contribution in [1.82, 2.24) is 4.98 Å². The Balaban J connectivity index is 2.73. The summed E-state index contributed by atoms with van der Waals surface area (Å²) in [6.07, 6.45) is 3.70. The predicted octanol–water partition coefficient (Wildman–Crippen LogP) is 3.12. The summed E-state index contributed by atoms with van der Waals surface area (Å²) in [5.74, 6) is 0.175. The van der Waals surface area contributed by atoms with E-state index in [4.69, 9.17) is 0 Å². The van der Waals surface area contributed by atoms with E-state index in [2.05, 4.69) is 18.8 Å². The molecule has 0 spiro atoms. The van der Waals surface area contributed by atoms with Gasteiger partial charge in [0.15, 0.2) is 0 Å². The van der Waals surface area contributed by atoms with Crippen LogP contribution >= 0.6 is 0 Å². The van der Waals surface area contributed by atoms with Crippen LogP contribution in [0.4, 0.5) is 4.39 Å². The second-order valence-electron chi connectivity index (χ2n) is 3.09. The summed E-state index contributed by atoms with van der Waals surface area (Å²) in [5.41, 5.74) is 0.858. The zero-order valence-corrected chi connectivity index (χ0v) is 7.55. The Labute approximate surface area is 72.6 Å². The average molecular weight is 167 g/mol. The lowest BCUT2D eigenvalue weighted by Gasteiger charge is -2.08. The van der Waals surface area contributed by atoms with Crippen molar-refractivity contribution in [3.63, 3.8) is 0 Å². The molecule has 1 nitrogen and oxygen atoms in total. The number of hydrogen-bond donors (Lipinski definition) is 0. The molecule has 0 aliphatic carbocycles. The minimum atomic E-state index is -0.192. The standard InChI is InChI=1S/C10H14FN/c1-3-4-8(2)10-7-9(11)5-6-12-10/h5-8H,3-4H2,1-2H3. The van der Waals surface area contributed by atoms with Gasteiger partial charge in [-0.3, -0.25) is 4.98 Å². The molecule has 1 rings (SSSR count). The number of aromatic nitrogens is 1. The number of rotatable bonds is 3. The van der Waals surface area contributed by atoms with Gasteiger partial charge in [0.1, 0.15) is 5.82 Å². The van der Waals surface area contributed by atoms with Crippen LogP contribution in [-0.4, -0.2) is 4.98 Å². The molecule has 1 aromatic rings. The van der Waals surface area contributed by atoms with Crippen LogP contribution in [0.15, 0.2) is 18.3 Å². The van der Waals surface area contributed by atoms with E-state index < -0.39 is 0 Å². The van der Waals surface area contributed by atoms with Crippen LogP contribution < -0.4 is 0 Å². The fourth-order valence-corrected chi connectivity index (χ4v) is 1.27. The molecule has 1 aromatic heterocycles. The summed E-state index contributed by atoms with van der Waals surface area (Å²) >= 11 is 0. The topological polar surface area (TPSA) is 12.9 Å². The van der Waals surface area contributed by atoms with Crippen molar-refractivity contribution in [1.29, 1.82) is 0 Å². The molecular weight excluding hydrogens is 153 g/mol. The van der Waals surface area contributed by atoms with E-state index in [0.29, 0.717) is 5.92 Å². The number of halogens is 1. The Morgan fingerprint density at radius 1 is 1.58 bits per heavy atom. The Morgan fingerprint density at radius 3 is 2.92 bits per heavy atom. The van der Waals surface area contributed by atoms with E-state index in [1.54, 1.807) is 0 Å². The molecule has 0 saturated heterocycles. The van der Waals surface area contributed by atoms with Gasteiger partial charge in [-0.2, -0.15) is 0 Å². The molecular formula is C10H14FN. The summed E-state index contributed by atoms with van der Waals surface area (Å²) in [6.45, 7) is 4.20. The number of pyridine rings is 1. The van der Waals surface area contributed by atoms with Crippen LogP contribution in [0.25, 0.3) is 0 Å². The molecule has 0 aliphatic heterocycles. The molecule has 0 aromatic carbocycles. The maximum atomic E-state index is 12.7. The van der Waals surface area contributed by atoms with E-state index in [-0.39, 0.29) is 5.82 Å². The highest BCUT2D eigenvalue weighted by molar-refractivity contribution is 5.09. The molecule has 0 fully saturated rings. The quantitative estimate of drug-likeness (QED) is 0.674. The molecule has 0 radical (unpaired) electrons. The second kappa shape index (κ2) is 4.19. The maximum absolute atomic E-state index is 12.7. The molecule has 1 atom stereocenters. The Morgan fingerprint density at radius 2 is 2.33 bits per heavy atom. The summed E-state index contributed by atoms with van der Waals surface area (Å²) in [7, 11) is 0. The summed E-state index contributed by atoms with van der Waals surface area (Å²) < 4.78 is 12.7. The molecule has 1 heterocycles. The molecule has 0 bridgehead atoms. The normalized spacial score (nSPS) is 12.9. The van der Waals surface area contributed by atoms with Crippen LogP contribution in [0, 0.1) is 5.82 Å². The SMILES string of the molecule is CCCC(C)c1cc(F)ccn1. The number of hydrogen-bond acceptors (Lipinski definition) is 1. The van der Waals surface area contributed by atoms with Crippen molar-refractivity contribution in [3.05, 3.63) is 29.8 Å². The van der Waals surface area contributed by atoms with Gasteiger partial charge in [-0.05, 0) is 24.5 Å². The third kappa shape index (κ3) is 2.29. The van der Waals surface area contributed by atoms with Crippen LogP contribution in [0.2, 0.25) is 0 Å². The van der Waals surface area contributed by atoms with Gasteiger partial charge in [0, 0.05) is 11.9 Å². The van der Waals surface area contributed by atoms with Crippen molar-refractivity contribution in [2.45, 2.75) is 32.6 Å². The van der Waals surface area contributed by atoms with Crippen molar-refractivity contribution >= 4 is 0 Å². The molecule has 0 N–H and O–H groups in total. The first-order chi connectivity index (χ1) is 5.74. The zero-order valence-electron chi connectivity index (χ0n) is 7.55. The molecule has 66 valence electrons. The molecule has 0 saturated carbocycles. The van der Waals surface area contributed by atoms with Gasteiger partial charge in [0.2, 0.25) is 0 Å². The Bertz CT molecular complexity index is 247. The van der Waals surface area contributed by atoms with Crippen molar-refractivity contribution < 1.29 is 4.39 Å². The van der Waals surface area contributed by atoms with Crippen LogP contribution in [0.3, 0.4) is 0 Å². The van der Waals surface area contributed by atoms with Gasteiger partial charge in [0.05, 0.1) is 0 Å². The van der Waals surface area contributed by atoms with Crippen molar-refractivity contribution in [2.75, 3.05) is 0 Å². The molecule has 2 heteroatoms. The first-order valence-electron chi connectivity index (χ1n) is 4.35. The zero-order chi connectivity index (χ0) is 8.97. The number of nitrogens with zero attached hydrogens (tertiary/aromatic N) is 1. The van der Waals surface area contributed by atoms with Gasteiger partial charge in [-0.1, -0.05) is 20.3 Å². The lowest BCUT2D eigenvalue weighted by molar-refractivity contribution is 0.602. The highest BCUT2D eigenvalue weighted by Gasteiger charge is 2.05. The van der Waals surface area contributed by atoms with E-state index in [1.165, 1.54) is 18.3 Å². The fourth-order valence-electron chi connectivity index (χ4n) is 1.27. The molecule has 0 aliphatic rings. The first kappa shape index (κ1) is 9.17. The largest absolute Gasteiger partial charge is 0.261 e. The highest BCUT2D eigenvalue weighted by Crippen LogP contribution is 2.18. The van der Waals surface area contributed by atoms with E-state index in [1.807, 2.05) is 0 Å². The summed E-state index contributed by atoms with van der Waals surface area (Å²) in [4.78, 5) is 4.12. The maximum Gasteiger partial charge on any atom is 0.126 e. The summed E-state index contributed by atoms with van der Waals surface area (Å²) in [5, 5.41) is 0. The Hall–Kier alpha value is -0.920. The van der Waals surface area contributed by atoms with Crippen molar-refractivity contribution in [3.8, 4) is 0 Å². The van der Waals surface area contributed by atoms with Crippen LogP contribution in [0.5, 0.6) is 0 Å². The highest BCUT2D eigenvalue weighted by atomic mass is 19.1. The van der Waals surface area contributed by atoms with E-state index >= 15 is 0 Å². The van der Waals surface area contributed by atoms with Crippen LogP contribution in [-0.2, 0) is 0 Å². The second-order valence-corrected chi connectivity index (χ2v) is 3.09. The third-order valence-electron chi connectivity index (χ3n) is 1.97. The lowest BCUT2D eigenvalue weighted by Crippen LogP contribution is -1.96. The van der Waals surface area contributed by atoms with Gasteiger partial charge in [0.25, 0.3) is 0 Å². The fraction of sp³-hybridized carbons (Fsp3) is 0.500. The smallest absolute Gasteiger partial charge is 0.126 e. The van der Waals surface area contributed by atoms with Gasteiger partial charge >= 0.3 is 0 Å². The minimum absolute atomic E-state index is 0.192. The third-order valence-corrected chi connectivity index (χ3v) is 1.97. The monoisotopic (exact) mass is 167 g/mol. The summed E-state index contributed by atoms with van der Waals surface area (Å²) in [6, 6.07) is 2.89. The molecule has 1 unspecified atom stereocenters. The molecule has 0 amide bonds. The van der Waals surface area contributed by atoms with E-state index in [0.717, 1.165) is 18.5 Å². The lowest BCUT2D eigenvalue weighted by atomic mass is 10.0. The molecule has 12 heavy (non-hydrogen) atoms.